The van der Waals surface area contributed by atoms with E-state index in [0.29, 0.717) is 10.4 Å². The fraction of sp³-hybridized carbons (Fsp3) is 0.308. The van der Waals surface area contributed by atoms with Crippen LogP contribution in [-0.2, 0) is 11.0 Å². The molecule has 2 aromatic rings. The zero-order chi connectivity index (χ0) is 17.2. The number of carbonyl (C=O) groups excluding carboxylic acids is 1. The number of thioether (sulfide) groups is 1. The Bertz CT molecular complexity index is 699. The number of nitrogen functional groups attached to an aromatic ring is 1. The number of halogens is 3. The molecule has 1 aromatic carbocycles. The Hall–Kier alpha value is -2.23. The van der Waals surface area contributed by atoms with Crippen LogP contribution in [0, 0.1) is 6.92 Å². The lowest BCUT2D eigenvalue weighted by Gasteiger charge is -2.12. The fourth-order valence-corrected chi connectivity index (χ4v) is 2.41. The molecular weight excluding hydrogens is 331 g/mol. The summed E-state index contributed by atoms with van der Waals surface area (Å²) in [6, 6.07) is 7.13. The third-order valence-corrected chi connectivity index (χ3v) is 3.95. The summed E-state index contributed by atoms with van der Waals surface area (Å²) < 4.78 is 38.1. The van der Waals surface area contributed by atoms with Crippen molar-refractivity contribution in [3.63, 3.8) is 0 Å². The number of alkyl halides is 3. The van der Waals surface area contributed by atoms with E-state index in [2.05, 4.69) is 15.5 Å². The van der Waals surface area contributed by atoms with E-state index in [0.717, 1.165) is 17.3 Å². The van der Waals surface area contributed by atoms with Gasteiger partial charge in [-0.15, -0.1) is 10.2 Å². The maximum atomic E-state index is 12.6. The number of rotatable bonds is 4. The van der Waals surface area contributed by atoms with Crippen molar-refractivity contribution in [1.82, 2.24) is 14.9 Å². The summed E-state index contributed by atoms with van der Waals surface area (Å²) in [5.41, 5.74) is 1.64. The van der Waals surface area contributed by atoms with Crippen molar-refractivity contribution < 1.29 is 18.0 Å². The van der Waals surface area contributed by atoms with E-state index in [1.807, 2.05) is 19.1 Å². The summed E-state index contributed by atoms with van der Waals surface area (Å²) in [5.74, 6) is 3.63. The Labute approximate surface area is 134 Å². The van der Waals surface area contributed by atoms with Crippen LogP contribution in [0.4, 0.5) is 18.9 Å². The van der Waals surface area contributed by atoms with Crippen molar-refractivity contribution in [3.05, 3.63) is 35.7 Å². The molecule has 0 saturated carbocycles. The van der Waals surface area contributed by atoms with E-state index in [9.17, 15) is 18.0 Å². The summed E-state index contributed by atoms with van der Waals surface area (Å²) in [4.78, 5) is 12.1. The van der Waals surface area contributed by atoms with E-state index in [4.69, 9.17) is 5.84 Å². The average Bonchev–Trinajstić information content (AvgIpc) is 2.82. The Morgan fingerprint density at radius 3 is 2.43 bits per heavy atom. The highest BCUT2D eigenvalue weighted by Crippen LogP contribution is 2.30. The van der Waals surface area contributed by atoms with Gasteiger partial charge < -0.3 is 11.2 Å². The number of anilines is 1. The Morgan fingerprint density at radius 1 is 1.30 bits per heavy atom. The van der Waals surface area contributed by atoms with Gasteiger partial charge in [0.25, 0.3) is 5.82 Å². The van der Waals surface area contributed by atoms with Crippen LogP contribution in [0.3, 0.4) is 0 Å². The first-order chi connectivity index (χ1) is 10.7. The summed E-state index contributed by atoms with van der Waals surface area (Å²) in [6.45, 7) is 3.45. The van der Waals surface area contributed by atoms with Gasteiger partial charge in [0.1, 0.15) is 0 Å². The highest BCUT2D eigenvalue weighted by Gasteiger charge is 2.38. The highest BCUT2D eigenvalue weighted by atomic mass is 32.2. The summed E-state index contributed by atoms with van der Waals surface area (Å²) in [5, 5.41) is 8.15. The third kappa shape index (κ3) is 4.15. The number of nitrogens with one attached hydrogen (secondary N) is 1. The topological polar surface area (TPSA) is 85.8 Å². The van der Waals surface area contributed by atoms with E-state index < -0.39 is 17.3 Å². The van der Waals surface area contributed by atoms with Gasteiger partial charge in [-0.1, -0.05) is 29.5 Å². The molecule has 0 aliphatic carbocycles. The number of nitrogens with zero attached hydrogens (tertiary/aromatic N) is 3. The SMILES string of the molecule is Cc1ccc(NC(=O)[C@@H](C)Sc2nnc(C(F)(F)F)n2N)cc1. The zero-order valence-corrected chi connectivity index (χ0v) is 13.1. The van der Waals surface area contributed by atoms with Gasteiger partial charge in [0.15, 0.2) is 0 Å². The first-order valence-electron chi connectivity index (χ1n) is 6.50. The van der Waals surface area contributed by atoms with E-state index in [1.54, 1.807) is 12.1 Å². The van der Waals surface area contributed by atoms with E-state index in [1.165, 1.54) is 6.92 Å². The monoisotopic (exact) mass is 345 g/mol. The molecule has 0 aliphatic rings. The Morgan fingerprint density at radius 2 is 1.91 bits per heavy atom. The highest BCUT2D eigenvalue weighted by molar-refractivity contribution is 8.00. The molecule has 124 valence electrons. The largest absolute Gasteiger partial charge is 0.453 e. The lowest BCUT2D eigenvalue weighted by atomic mass is 10.2. The molecule has 23 heavy (non-hydrogen) atoms. The first-order valence-corrected chi connectivity index (χ1v) is 7.38. The number of benzene rings is 1. The van der Waals surface area contributed by atoms with Crippen molar-refractivity contribution in [2.24, 2.45) is 0 Å². The predicted molar refractivity (Wildman–Crippen MR) is 80.3 cm³/mol. The average molecular weight is 345 g/mol. The Kier molecular flexibility index (Phi) is 4.83. The molecule has 0 fully saturated rings. The maximum absolute atomic E-state index is 12.6. The molecule has 10 heteroatoms. The second-order valence-electron chi connectivity index (χ2n) is 4.79. The lowest BCUT2D eigenvalue weighted by Crippen LogP contribution is -2.25. The van der Waals surface area contributed by atoms with Gasteiger partial charge in [0.2, 0.25) is 11.1 Å². The van der Waals surface area contributed by atoms with Gasteiger partial charge in [0.05, 0.1) is 5.25 Å². The molecule has 2 rings (SSSR count). The molecule has 1 amide bonds. The molecule has 0 aliphatic heterocycles. The number of hydrogen-bond acceptors (Lipinski definition) is 5. The van der Waals surface area contributed by atoms with Crippen LogP contribution in [0.15, 0.2) is 29.4 Å². The number of carbonyl (C=O) groups is 1. The molecule has 3 N–H and O–H groups in total. The summed E-state index contributed by atoms with van der Waals surface area (Å²) in [7, 11) is 0. The molecule has 0 spiro atoms. The minimum absolute atomic E-state index is 0.191. The molecule has 6 nitrogen and oxygen atoms in total. The normalized spacial score (nSPS) is 12.9. The molecule has 1 atom stereocenters. The van der Waals surface area contributed by atoms with E-state index in [-0.39, 0.29) is 11.1 Å². The number of aryl methyl sites for hydroxylation is 1. The predicted octanol–water partition coefficient (Wildman–Crippen LogP) is 2.44. The summed E-state index contributed by atoms with van der Waals surface area (Å²) >= 11 is 0.790. The Balaban J connectivity index is 2.04. The van der Waals surface area contributed by atoms with Crippen LogP contribution < -0.4 is 11.2 Å². The molecule has 0 unspecified atom stereocenters. The van der Waals surface area contributed by atoms with Crippen LogP contribution >= 0.6 is 11.8 Å². The fourth-order valence-electron chi connectivity index (χ4n) is 1.64. The van der Waals surface area contributed by atoms with Crippen molar-refractivity contribution in [2.75, 3.05) is 11.2 Å². The maximum Gasteiger partial charge on any atom is 0.453 e. The zero-order valence-electron chi connectivity index (χ0n) is 12.3. The van der Waals surface area contributed by atoms with Gasteiger partial charge >= 0.3 is 6.18 Å². The number of nitrogens with two attached hydrogens (primary N) is 1. The van der Waals surface area contributed by atoms with Crippen LogP contribution in [0.25, 0.3) is 0 Å². The summed E-state index contributed by atoms with van der Waals surface area (Å²) in [6.07, 6.45) is -4.70. The smallest absolute Gasteiger partial charge is 0.335 e. The number of amides is 1. The van der Waals surface area contributed by atoms with Crippen LogP contribution in [-0.4, -0.2) is 26.0 Å². The number of aromatic nitrogens is 3. The molecule has 0 saturated heterocycles. The minimum Gasteiger partial charge on any atom is -0.335 e. The quantitative estimate of drug-likeness (QED) is 0.657. The second kappa shape index (κ2) is 6.49. The van der Waals surface area contributed by atoms with Gasteiger partial charge in [0, 0.05) is 5.69 Å². The molecular formula is C13H14F3N5OS. The molecule has 0 bridgehead atoms. The van der Waals surface area contributed by atoms with Gasteiger partial charge in [-0.2, -0.15) is 13.2 Å². The van der Waals surface area contributed by atoms with Gasteiger partial charge in [-0.25, -0.2) is 4.68 Å². The van der Waals surface area contributed by atoms with E-state index >= 15 is 0 Å². The second-order valence-corrected chi connectivity index (χ2v) is 6.10. The molecule has 1 heterocycles. The molecule has 1 aromatic heterocycles. The van der Waals surface area contributed by atoms with Gasteiger partial charge in [-0.05, 0) is 26.0 Å². The van der Waals surface area contributed by atoms with Crippen molar-refractivity contribution in [2.45, 2.75) is 30.4 Å². The van der Waals surface area contributed by atoms with Crippen molar-refractivity contribution >= 4 is 23.4 Å². The standard InChI is InChI=1S/C13H14F3N5OS/c1-7-3-5-9(6-4-7)18-10(22)8(2)23-12-20-19-11(21(12)17)13(14,15)16/h3-6,8H,17H2,1-2H3,(H,18,22)/t8-/m1/s1. The first kappa shape index (κ1) is 17.1. The van der Waals surface area contributed by atoms with Gasteiger partial charge in [-0.3, -0.25) is 4.79 Å². The van der Waals surface area contributed by atoms with Crippen LogP contribution in [0.5, 0.6) is 0 Å². The lowest BCUT2D eigenvalue weighted by molar-refractivity contribution is -0.146. The molecule has 0 radical (unpaired) electrons. The van der Waals surface area contributed by atoms with Crippen LogP contribution in [0.2, 0.25) is 0 Å². The van der Waals surface area contributed by atoms with Crippen LogP contribution in [0.1, 0.15) is 18.3 Å². The third-order valence-electron chi connectivity index (χ3n) is 2.89. The minimum atomic E-state index is -4.70. The number of hydrogen-bond donors (Lipinski definition) is 2. The van der Waals surface area contributed by atoms with Crippen molar-refractivity contribution in [3.8, 4) is 0 Å². The van der Waals surface area contributed by atoms with Crippen molar-refractivity contribution in [1.29, 1.82) is 0 Å².